The number of benzene rings is 3. The van der Waals surface area contributed by atoms with E-state index in [0.717, 1.165) is 11.1 Å². The van der Waals surface area contributed by atoms with Crippen molar-refractivity contribution in [2.24, 2.45) is 0 Å². The Kier molecular flexibility index (Phi) is 5.68. The van der Waals surface area contributed by atoms with E-state index in [1.165, 1.54) is 4.90 Å². The van der Waals surface area contributed by atoms with Crippen molar-refractivity contribution in [2.75, 3.05) is 25.2 Å². The predicted molar refractivity (Wildman–Crippen MR) is 131 cm³/mol. The summed E-state index contributed by atoms with van der Waals surface area (Å²) in [7, 11) is 1.57. The van der Waals surface area contributed by atoms with E-state index in [4.69, 9.17) is 14.2 Å². The number of hydrogen-bond donors (Lipinski definition) is 1. The fourth-order valence-electron chi connectivity index (χ4n) is 4.43. The van der Waals surface area contributed by atoms with Gasteiger partial charge in [-0.1, -0.05) is 24.3 Å². The first-order valence-electron chi connectivity index (χ1n) is 11.3. The highest BCUT2D eigenvalue weighted by atomic mass is 16.6. The third kappa shape index (κ3) is 3.89. The van der Waals surface area contributed by atoms with Gasteiger partial charge in [-0.25, -0.2) is 0 Å². The molecule has 1 N–H and O–H groups in total. The zero-order valence-corrected chi connectivity index (χ0v) is 19.7. The first-order valence-corrected chi connectivity index (χ1v) is 11.3. The molecule has 0 saturated carbocycles. The molecule has 1 unspecified atom stereocenters. The van der Waals surface area contributed by atoms with Crippen LogP contribution in [-0.4, -0.2) is 37.1 Å². The Morgan fingerprint density at radius 3 is 2.31 bits per heavy atom. The topological polar surface area (TPSA) is 85.3 Å². The van der Waals surface area contributed by atoms with Gasteiger partial charge in [-0.15, -0.1) is 0 Å². The van der Waals surface area contributed by atoms with Crippen molar-refractivity contribution < 1.29 is 28.9 Å². The number of aliphatic hydroxyl groups is 1. The Labute approximate surface area is 203 Å². The smallest absolute Gasteiger partial charge is 0.300 e. The molecule has 1 saturated heterocycles. The molecule has 3 aromatic carbocycles. The van der Waals surface area contributed by atoms with E-state index in [2.05, 4.69) is 0 Å². The van der Waals surface area contributed by atoms with Gasteiger partial charge in [0.2, 0.25) is 0 Å². The lowest BCUT2D eigenvalue weighted by molar-refractivity contribution is -0.132. The van der Waals surface area contributed by atoms with Crippen molar-refractivity contribution in [2.45, 2.75) is 19.9 Å². The molecule has 178 valence electrons. The third-order valence-corrected chi connectivity index (χ3v) is 6.46. The zero-order valence-electron chi connectivity index (χ0n) is 19.7. The molecule has 1 atom stereocenters. The number of hydrogen-bond acceptors (Lipinski definition) is 6. The average Bonchev–Trinajstić information content (AvgIpc) is 3.15. The van der Waals surface area contributed by atoms with Crippen molar-refractivity contribution in [1.82, 2.24) is 0 Å². The van der Waals surface area contributed by atoms with Crippen molar-refractivity contribution >= 4 is 23.1 Å². The van der Waals surface area contributed by atoms with Gasteiger partial charge in [-0.05, 0) is 60.9 Å². The number of fused-ring (bicyclic) bond motifs is 1. The number of amides is 1. The minimum atomic E-state index is -0.843. The lowest BCUT2D eigenvalue weighted by Gasteiger charge is -2.27. The van der Waals surface area contributed by atoms with Crippen LogP contribution in [0.15, 0.2) is 66.2 Å². The molecule has 2 heterocycles. The summed E-state index contributed by atoms with van der Waals surface area (Å²) in [6, 6.07) is 16.8. The lowest BCUT2D eigenvalue weighted by Crippen LogP contribution is -2.29. The van der Waals surface area contributed by atoms with Gasteiger partial charge in [0.15, 0.2) is 11.5 Å². The molecule has 7 nitrogen and oxygen atoms in total. The Hall–Kier alpha value is -4.26. The first kappa shape index (κ1) is 22.5. The summed E-state index contributed by atoms with van der Waals surface area (Å²) < 4.78 is 16.6. The maximum atomic E-state index is 13.4. The summed E-state index contributed by atoms with van der Waals surface area (Å²) in [6.07, 6.45) is 0. The summed E-state index contributed by atoms with van der Waals surface area (Å²) in [6.45, 7) is 4.74. The fourth-order valence-corrected chi connectivity index (χ4v) is 4.43. The molecule has 5 rings (SSSR count). The van der Waals surface area contributed by atoms with Gasteiger partial charge in [0, 0.05) is 17.3 Å². The minimum absolute atomic E-state index is 0.0262. The van der Waals surface area contributed by atoms with E-state index in [0.29, 0.717) is 47.3 Å². The number of methoxy groups -OCH3 is 1. The second-order valence-corrected chi connectivity index (χ2v) is 8.57. The standard InChI is InChI=1S/C28H25NO6/c1-16-4-5-19(14-17(16)2)26(30)24-25(18-6-9-21(33-3)10-7-18)29(28(32)27(24)31)20-8-11-22-23(15-20)35-13-12-34-22/h4-11,14-15,25,30H,12-13H2,1-3H3/b26-24+. The number of ketones is 1. The van der Waals surface area contributed by atoms with Crippen LogP contribution < -0.4 is 19.1 Å². The van der Waals surface area contributed by atoms with E-state index in [1.807, 2.05) is 26.0 Å². The van der Waals surface area contributed by atoms with Gasteiger partial charge in [0.1, 0.15) is 24.7 Å². The van der Waals surface area contributed by atoms with Crippen LogP contribution in [0, 0.1) is 13.8 Å². The largest absolute Gasteiger partial charge is 0.507 e. The molecule has 7 heteroatoms. The van der Waals surface area contributed by atoms with Gasteiger partial charge >= 0.3 is 0 Å². The SMILES string of the molecule is COc1ccc(C2/C(=C(\O)c3ccc(C)c(C)c3)C(=O)C(=O)N2c2ccc3c(c2)OCCO3)cc1. The average molecular weight is 472 g/mol. The predicted octanol–water partition coefficient (Wildman–Crippen LogP) is 4.71. The van der Waals surface area contributed by atoms with Crippen LogP contribution in [0.2, 0.25) is 0 Å². The number of Topliss-reactive ketones (excluding diaryl/α,β-unsaturated/α-hetero) is 1. The van der Waals surface area contributed by atoms with Crippen LogP contribution in [0.4, 0.5) is 5.69 Å². The molecule has 0 spiro atoms. The van der Waals surface area contributed by atoms with E-state index < -0.39 is 17.7 Å². The van der Waals surface area contributed by atoms with Gasteiger partial charge < -0.3 is 19.3 Å². The minimum Gasteiger partial charge on any atom is -0.507 e. The monoisotopic (exact) mass is 471 g/mol. The maximum absolute atomic E-state index is 13.4. The number of nitrogens with zero attached hydrogens (tertiary/aromatic N) is 1. The van der Waals surface area contributed by atoms with Crippen LogP contribution in [-0.2, 0) is 9.59 Å². The summed E-state index contributed by atoms with van der Waals surface area (Å²) in [5.41, 5.74) is 3.66. The number of carbonyl (C=O) groups is 2. The van der Waals surface area contributed by atoms with E-state index in [1.54, 1.807) is 55.6 Å². The lowest BCUT2D eigenvalue weighted by atomic mass is 9.94. The number of rotatable bonds is 4. The van der Waals surface area contributed by atoms with E-state index >= 15 is 0 Å². The van der Waals surface area contributed by atoms with Gasteiger partial charge in [0.25, 0.3) is 11.7 Å². The quantitative estimate of drug-likeness (QED) is 0.337. The molecule has 2 aliphatic rings. The summed E-state index contributed by atoms with van der Waals surface area (Å²) in [5.74, 6) is 0.0156. The highest BCUT2D eigenvalue weighted by Gasteiger charge is 2.47. The summed E-state index contributed by atoms with van der Waals surface area (Å²) in [4.78, 5) is 28.1. The molecule has 0 aromatic heterocycles. The maximum Gasteiger partial charge on any atom is 0.300 e. The molecular formula is C28H25NO6. The van der Waals surface area contributed by atoms with Crippen LogP contribution in [0.25, 0.3) is 5.76 Å². The Morgan fingerprint density at radius 2 is 1.63 bits per heavy atom. The Balaban J connectivity index is 1.69. The number of carbonyl (C=O) groups excluding carboxylic acids is 2. The fraction of sp³-hybridized carbons (Fsp3) is 0.214. The van der Waals surface area contributed by atoms with Crippen LogP contribution in [0.5, 0.6) is 17.2 Å². The van der Waals surface area contributed by atoms with Crippen molar-refractivity contribution in [3.05, 3.63) is 88.5 Å². The van der Waals surface area contributed by atoms with E-state index in [9.17, 15) is 14.7 Å². The van der Waals surface area contributed by atoms with Gasteiger partial charge in [0.05, 0.1) is 18.7 Å². The molecule has 1 amide bonds. The molecule has 0 radical (unpaired) electrons. The Bertz CT molecular complexity index is 1360. The molecule has 0 bridgehead atoms. The van der Waals surface area contributed by atoms with Crippen molar-refractivity contribution in [1.29, 1.82) is 0 Å². The van der Waals surface area contributed by atoms with Crippen LogP contribution >= 0.6 is 0 Å². The number of aliphatic hydroxyl groups excluding tert-OH is 1. The van der Waals surface area contributed by atoms with Gasteiger partial charge in [-0.2, -0.15) is 0 Å². The number of ether oxygens (including phenoxy) is 3. The first-order chi connectivity index (χ1) is 16.9. The second-order valence-electron chi connectivity index (χ2n) is 8.57. The third-order valence-electron chi connectivity index (χ3n) is 6.46. The van der Waals surface area contributed by atoms with Crippen LogP contribution in [0.1, 0.15) is 28.3 Å². The molecular weight excluding hydrogens is 446 g/mol. The highest BCUT2D eigenvalue weighted by molar-refractivity contribution is 6.51. The van der Waals surface area contributed by atoms with E-state index in [-0.39, 0.29) is 11.3 Å². The highest BCUT2D eigenvalue weighted by Crippen LogP contribution is 2.44. The summed E-state index contributed by atoms with van der Waals surface area (Å²) >= 11 is 0. The second kappa shape index (κ2) is 8.83. The van der Waals surface area contributed by atoms with Crippen LogP contribution in [0.3, 0.4) is 0 Å². The Morgan fingerprint density at radius 1 is 0.914 bits per heavy atom. The molecule has 1 fully saturated rings. The van der Waals surface area contributed by atoms with Crippen molar-refractivity contribution in [3.8, 4) is 17.2 Å². The molecule has 0 aliphatic carbocycles. The molecule has 3 aromatic rings. The van der Waals surface area contributed by atoms with Crippen molar-refractivity contribution in [3.63, 3.8) is 0 Å². The zero-order chi connectivity index (χ0) is 24.7. The molecule has 35 heavy (non-hydrogen) atoms. The number of aryl methyl sites for hydroxylation is 2. The normalized spacial score (nSPS) is 18.6. The number of anilines is 1. The molecule has 2 aliphatic heterocycles. The van der Waals surface area contributed by atoms with Gasteiger partial charge in [-0.3, -0.25) is 14.5 Å². The summed E-state index contributed by atoms with van der Waals surface area (Å²) in [5, 5.41) is 11.3.